The smallest absolute Gasteiger partial charge is 0.308 e. The minimum absolute atomic E-state index is 0.152. The maximum atomic E-state index is 14.2. The van der Waals surface area contributed by atoms with Crippen LogP contribution in [0.25, 0.3) is 88.5 Å². The highest BCUT2D eigenvalue weighted by Crippen LogP contribution is 2.44. The highest BCUT2D eigenvalue weighted by atomic mass is 19.4. The van der Waals surface area contributed by atoms with Crippen molar-refractivity contribution in [2.45, 2.75) is 12.4 Å². The highest BCUT2D eigenvalue weighted by molar-refractivity contribution is 6.11. The van der Waals surface area contributed by atoms with Crippen LogP contribution in [0.1, 0.15) is 16.7 Å². The molecule has 10 rings (SSSR count). The first kappa shape index (κ1) is 36.7. The average Bonchev–Trinajstić information content (AvgIpc) is 3.78. The van der Waals surface area contributed by atoms with Crippen LogP contribution in [0.5, 0.6) is 0 Å². The summed E-state index contributed by atoms with van der Waals surface area (Å²) in [5, 5.41) is 13.0. The van der Waals surface area contributed by atoms with E-state index >= 15 is 0 Å². The molecule has 0 bridgehead atoms. The van der Waals surface area contributed by atoms with E-state index in [4.69, 9.17) is 4.98 Å². The zero-order valence-electron chi connectivity index (χ0n) is 31.2. The number of rotatable bonds is 5. The van der Waals surface area contributed by atoms with Crippen molar-refractivity contribution in [3.8, 4) is 51.0 Å². The van der Waals surface area contributed by atoms with Gasteiger partial charge in [0.25, 0.3) is 0 Å². The van der Waals surface area contributed by atoms with Gasteiger partial charge in [0, 0.05) is 38.9 Å². The number of para-hydroxylation sites is 2. The lowest BCUT2D eigenvalue weighted by Crippen LogP contribution is -2.07. The second kappa shape index (κ2) is 13.7. The van der Waals surface area contributed by atoms with Crippen LogP contribution >= 0.6 is 0 Å². The lowest BCUT2D eigenvalue weighted by Gasteiger charge is -2.20. The van der Waals surface area contributed by atoms with E-state index in [1.165, 1.54) is 12.1 Å². The molecule has 0 aliphatic rings. The van der Waals surface area contributed by atoms with Gasteiger partial charge in [0.1, 0.15) is 11.6 Å². The molecule has 0 fully saturated rings. The van der Waals surface area contributed by atoms with Crippen LogP contribution in [0, 0.1) is 11.3 Å². The monoisotopic (exact) mass is 798 g/mol. The van der Waals surface area contributed by atoms with Crippen molar-refractivity contribution in [2.24, 2.45) is 0 Å². The third-order valence-electron chi connectivity index (χ3n) is 11.1. The van der Waals surface area contributed by atoms with Gasteiger partial charge in [-0.1, -0.05) is 97.1 Å². The number of nitrogens with zero attached hydrogens (tertiary/aromatic N) is 4. The zero-order chi connectivity index (χ0) is 41.3. The number of alkyl halides is 6. The molecule has 0 aliphatic heterocycles. The van der Waals surface area contributed by atoms with E-state index in [1.54, 1.807) is 69.9 Å². The van der Waals surface area contributed by atoms with Crippen LogP contribution in [0.4, 0.5) is 26.3 Å². The molecule has 10 aromatic rings. The topological polar surface area (TPSA) is 46.5 Å². The van der Waals surface area contributed by atoms with Gasteiger partial charge in [-0.25, -0.2) is 0 Å². The Morgan fingerprint density at radius 1 is 0.433 bits per heavy atom. The normalized spacial score (nSPS) is 12.2. The number of halogens is 6. The molecule has 60 heavy (non-hydrogen) atoms. The maximum absolute atomic E-state index is 14.2. The molecule has 0 unspecified atom stereocenters. The van der Waals surface area contributed by atoms with Gasteiger partial charge in [0.15, 0.2) is 0 Å². The number of pyridine rings is 1. The van der Waals surface area contributed by atoms with Crippen LogP contribution in [-0.2, 0) is 12.4 Å². The number of fused-ring (bicyclic) bond motifs is 6. The van der Waals surface area contributed by atoms with E-state index in [2.05, 4.69) is 6.07 Å². The van der Waals surface area contributed by atoms with Crippen LogP contribution < -0.4 is 0 Å². The summed E-state index contributed by atoms with van der Waals surface area (Å²) in [6.45, 7) is 0. The molecule has 3 aromatic heterocycles. The fraction of sp³-hybridized carbons (Fsp3) is 0.0400. The minimum Gasteiger partial charge on any atom is -0.308 e. The molecule has 7 aromatic carbocycles. The molecule has 0 N–H and O–H groups in total. The summed E-state index contributed by atoms with van der Waals surface area (Å²) in [5.74, 6) is 0. The lowest BCUT2D eigenvalue weighted by atomic mass is 9.92. The SMILES string of the molecule is N#Cc1c(-n2c3ccccc3c3cc(C(F)(F)F)ccc32)cc(-c2cccnc2-c2ccccc2-c2ccccc2)cc1-n1c2ccccc2c2cc(C(F)(F)F)ccc21. The molecule has 4 nitrogen and oxygen atoms in total. The van der Waals surface area contributed by atoms with Crippen molar-refractivity contribution >= 4 is 43.6 Å². The Bertz CT molecular complexity index is 3220. The largest absolute Gasteiger partial charge is 0.416 e. The van der Waals surface area contributed by atoms with Crippen molar-refractivity contribution in [3.05, 3.63) is 187 Å². The Morgan fingerprint density at radius 3 is 1.43 bits per heavy atom. The van der Waals surface area contributed by atoms with Crippen molar-refractivity contribution in [1.29, 1.82) is 5.26 Å². The molecule has 3 heterocycles. The number of benzene rings is 7. The molecule has 0 radical (unpaired) electrons. The Morgan fingerprint density at radius 2 is 0.900 bits per heavy atom. The molecule has 0 spiro atoms. The molecule has 0 amide bonds. The van der Waals surface area contributed by atoms with Gasteiger partial charge < -0.3 is 9.13 Å². The van der Waals surface area contributed by atoms with E-state index in [0.717, 1.165) is 41.0 Å². The van der Waals surface area contributed by atoms with E-state index in [-0.39, 0.29) is 5.56 Å². The minimum atomic E-state index is -4.60. The fourth-order valence-electron chi connectivity index (χ4n) is 8.46. The third kappa shape index (κ3) is 5.89. The van der Waals surface area contributed by atoms with E-state index in [0.29, 0.717) is 71.8 Å². The first-order valence-electron chi connectivity index (χ1n) is 18.9. The maximum Gasteiger partial charge on any atom is 0.416 e. The summed E-state index contributed by atoms with van der Waals surface area (Å²) in [6, 6.07) is 48.8. The van der Waals surface area contributed by atoms with Crippen LogP contribution in [0.15, 0.2) is 170 Å². The van der Waals surface area contributed by atoms with Crippen molar-refractivity contribution in [2.75, 3.05) is 0 Å². The summed E-state index contributed by atoms with van der Waals surface area (Å²) in [4.78, 5) is 4.91. The number of aromatic nitrogens is 3. The highest BCUT2D eigenvalue weighted by Gasteiger charge is 2.33. The van der Waals surface area contributed by atoms with Crippen LogP contribution in [0.3, 0.4) is 0 Å². The molecule has 0 aliphatic carbocycles. The Balaban J connectivity index is 1.34. The summed E-state index contributed by atoms with van der Waals surface area (Å²) >= 11 is 0. The standard InChI is InChI=1S/C50H28F6N4/c51-49(52,53)32-20-22-44-39(27-32)36-14-6-8-18-42(36)59(44)46-25-31(35-17-10-24-58-48(35)38-16-5-4-13-34(38)30-11-2-1-3-12-30)26-47(41(46)29-57)60-43-19-9-7-15-37(43)40-28-33(50(54,55)56)21-23-45(40)60/h1-28H. The van der Waals surface area contributed by atoms with Crippen molar-refractivity contribution in [3.63, 3.8) is 0 Å². The summed E-state index contributed by atoms with van der Waals surface area (Å²) in [7, 11) is 0. The summed E-state index contributed by atoms with van der Waals surface area (Å²) < 4.78 is 88.5. The predicted octanol–water partition coefficient (Wildman–Crippen LogP) is 14.2. The van der Waals surface area contributed by atoms with Crippen LogP contribution in [-0.4, -0.2) is 14.1 Å². The molecular formula is C50H28F6N4. The first-order chi connectivity index (χ1) is 29.0. The van der Waals surface area contributed by atoms with Gasteiger partial charge >= 0.3 is 12.4 Å². The molecular weight excluding hydrogens is 771 g/mol. The van der Waals surface area contributed by atoms with Gasteiger partial charge in [-0.05, 0) is 83.4 Å². The van der Waals surface area contributed by atoms with Crippen molar-refractivity contribution in [1.82, 2.24) is 14.1 Å². The first-order valence-corrected chi connectivity index (χ1v) is 18.9. The number of hydrogen-bond donors (Lipinski definition) is 0. The predicted molar refractivity (Wildman–Crippen MR) is 224 cm³/mol. The molecule has 0 saturated carbocycles. The molecule has 290 valence electrons. The average molecular weight is 799 g/mol. The van der Waals surface area contributed by atoms with Gasteiger partial charge in [-0.3, -0.25) is 4.98 Å². The summed E-state index contributed by atoms with van der Waals surface area (Å²) in [5.41, 5.74) is 5.90. The Kier molecular flexibility index (Phi) is 8.40. The third-order valence-corrected chi connectivity index (χ3v) is 11.1. The molecule has 0 saturated heterocycles. The van der Waals surface area contributed by atoms with E-state index in [9.17, 15) is 31.6 Å². The quantitative estimate of drug-likeness (QED) is 0.163. The van der Waals surface area contributed by atoms with Crippen molar-refractivity contribution < 1.29 is 26.3 Å². The number of nitriles is 1. The van der Waals surface area contributed by atoms with Gasteiger partial charge in [0.2, 0.25) is 0 Å². The fourth-order valence-corrected chi connectivity index (χ4v) is 8.46. The van der Waals surface area contributed by atoms with Gasteiger partial charge in [-0.2, -0.15) is 31.6 Å². The second-order valence-corrected chi connectivity index (χ2v) is 14.5. The summed E-state index contributed by atoms with van der Waals surface area (Å²) in [6.07, 6.45) is -7.50. The van der Waals surface area contributed by atoms with E-state index < -0.39 is 23.5 Å². The molecule has 0 atom stereocenters. The Labute approximate surface area is 338 Å². The second-order valence-electron chi connectivity index (χ2n) is 14.5. The van der Waals surface area contributed by atoms with Crippen LogP contribution in [0.2, 0.25) is 0 Å². The van der Waals surface area contributed by atoms with Gasteiger partial charge in [0.05, 0.1) is 50.3 Å². The Hall–Kier alpha value is -7.64. The van der Waals surface area contributed by atoms with Gasteiger partial charge in [-0.15, -0.1) is 0 Å². The number of hydrogen-bond acceptors (Lipinski definition) is 2. The zero-order valence-corrected chi connectivity index (χ0v) is 31.2. The van der Waals surface area contributed by atoms with E-state index in [1.807, 2.05) is 72.8 Å². The molecule has 10 heteroatoms. The lowest BCUT2D eigenvalue weighted by molar-refractivity contribution is -0.138.